The van der Waals surface area contributed by atoms with Gasteiger partial charge in [-0.15, -0.1) is 0 Å². The molecule has 1 amide bonds. The van der Waals surface area contributed by atoms with Crippen LogP contribution >= 0.6 is 11.6 Å². The molecule has 1 heterocycles. The van der Waals surface area contributed by atoms with Crippen molar-refractivity contribution in [2.45, 2.75) is 0 Å². The molecule has 1 N–H and O–H groups in total. The Bertz CT molecular complexity index is 1320. The number of non-ortho nitro benzene ring substituents is 1. The smallest absolute Gasteiger partial charge is 0.291 e. The summed E-state index contributed by atoms with van der Waals surface area (Å²) in [5, 5.41) is 13.8. The number of hydrogen-bond acceptors (Lipinski definition) is 6. The minimum Gasteiger partial charge on any atom is -0.493 e. The van der Waals surface area contributed by atoms with E-state index in [1.54, 1.807) is 49.6 Å². The Hall–Kier alpha value is -4.30. The number of para-hydroxylation sites is 2. The van der Waals surface area contributed by atoms with Crippen LogP contribution in [0.4, 0.5) is 11.4 Å². The van der Waals surface area contributed by atoms with Crippen LogP contribution in [-0.4, -0.2) is 17.9 Å². The van der Waals surface area contributed by atoms with E-state index in [4.69, 9.17) is 25.5 Å². The summed E-state index contributed by atoms with van der Waals surface area (Å²) in [6, 6.07) is 21.2. The van der Waals surface area contributed by atoms with E-state index in [-0.39, 0.29) is 16.5 Å². The summed E-state index contributed by atoms with van der Waals surface area (Å²) in [6.07, 6.45) is 0. The molecular formula is C24H17ClN2O6. The maximum atomic E-state index is 12.6. The maximum Gasteiger partial charge on any atom is 0.291 e. The topological polar surface area (TPSA) is 104 Å². The number of amides is 1. The molecule has 4 rings (SSSR count). The minimum atomic E-state index is -0.538. The summed E-state index contributed by atoms with van der Waals surface area (Å²) < 4.78 is 16.7. The van der Waals surface area contributed by atoms with Gasteiger partial charge < -0.3 is 19.2 Å². The second-order valence-corrected chi connectivity index (χ2v) is 7.22. The van der Waals surface area contributed by atoms with Gasteiger partial charge in [-0.05, 0) is 54.6 Å². The van der Waals surface area contributed by atoms with E-state index in [2.05, 4.69) is 5.32 Å². The molecule has 0 saturated heterocycles. The van der Waals surface area contributed by atoms with Crippen molar-refractivity contribution in [3.8, 4) is 28.6 Å². The highest BCUT2D eigenvalue weighted by Gasteiger charge is 2.16. The molecule has 0 radical (unpaired) electrons. The molecule has 0 fully saturated rings. The summed E-state index contributed by atoms with van der Waals surface area (Å²) in [5.74, 6) is 1.68. The standard InChI is InChI=1S/C24H17ClN2O6/c1-31-21-4-2-3-5-22(21)32-17-9-6-15(7-10-17)26-24(28)23-13-12-20(33-23)18-11-8-16(27(29)30)14-19(18)25/h2-14H,1H3,(H,26,28). The van der Waals surface area contributed by atoms with Crippen molar-refractivity contribution in [2.24, 2.45) is 0 Å². The van der Waals surface area contributed by atoms with Crippen molar-refractivity contribution < 1.29 is 23.6 Å². The SMILES string of the molecule is COc1ccccc1Oc1ccc(NC(=O)c2ccc(-c3ccc([N+](=O)[O-])cc3Cl)o2)cc1. The maximum absolute atomic E-state index is 12.6. The van der Waals surface area contributed by atoms with E-state index in [9.17, 15) is 14.9 Å². The number of halogens is 1. The molecule has 0 aliphatic rings. The van der Waals surface area contributed by atoms with Gasteiger partial charge in [-0.2, -0.15) is 0 Å². The van der Waals surface area contributed by atoms with Crippen molar-refractivity contribution in [1.82, 2.24) is 0 Å². The zero-order chi connectivity index (χ0) is 23.4. The summed E-state index contributed by atoms with van der Waals surface area (Å²) in [7, 11) is 1.57. The molecule has 0 saturated carbocycles. The quantitative estimate of drug-likeness (QED) is 0.245. The number of carbonyl (C=O) groups excluding carboxylic acids is 1. The Morgan fingerprint density at radius 2 is 1.73 bits per heavy atom. The van der Waals surface area contributed by atoms with Crippen LogP contribution in [0.1, 0.15) is 10.6 Å². The zero-order valence-corrected chi connectivity index (χ0v) is 18.0. The number of nitro benzene ring substituents is 1. The number of anilines is 1. The van der Waals surface area contributed by atoms with Crippen LogP contribution in [0.25, 0.3) is 11.3 Å². The molecule has 0 spiro atoms. The van der Waals surface area contributed by atoms with Gasteiger partial charge in [-0.1, -0.05) is 23.7 Å². The van der Waals surface area contributed by atoms with Gasteiger partial charge in [0.15, 0.2) is 17.3 Å². The number of benzene rings is 3. The van der Waals surface area contributed by atoms with Crippen molar-refractivity contribution in [1.29, 1.82) is 0 Å². The van der Waals surface area contributed by atoms with Crippen molar-refractivity contribution in [3.63, 3.8) is 0 Å². The fourth-order valence-electron chi connectivity index (χ4n) is 3.05. The second kappa shape index (κ2) is 9.46. The average Bonchev–Trinajstić information content (AvgIpc) is 3.31. The van der Waals surface area contributed by atoms with Crippen molar-refractivity contribution in [2.75, 3.05) is 12.4 Å². The van der Waals surface area contributed by atoms with Crippen LogP contribution in [0.15, 0.2) is 83.3 Å². The molecule has 4 aromatic rings. The lowest BCUT2D eigenvalue weighted by Crippen LogP contribution is -2.10. The van der Waals surface area contributed by atoms with Gasteiger partial charge in [-0.25, -0.2) is 0 Å². The molecule has 8 nitrogen and oxygen atoms in total. The third kappa shape index (κ3) is 4.97. The number of nitro groups is 1. The highest BCUT2D eigenvalue weighted by Crippen LogP contribution is 2.33. The lowest BCUT2D eigenvalue weighted by molar-refractivity contribution is -0.384. The Morgan fingerprint density at radius 3 is 2.39 bits per heavy atom. The molecule has 1 aromatic heterocycles. The normalized spacial score (nSPS) is 10.5. The zero-order valence-electron chi connectivity index (χ0n) is 17.3. The van der Waals surface area contributed by atoms with Crippen LogP contribution in [0.5, 0.6) is 17.2 Å². The molecule has 0 aliphatic heterocycles. The number of ether oxygens (including phenoxy) is 2. The van der Waals surface area contributed by atoms with E-state index < -0.39 is 10.8 Å². The first-order chi connectivity index (χ1) is 15.9. The summed E-state index contributed by atoms with van der Waals surface area (Å²) in [4.78, 5) is 22.9. The van der Waals surface area contributed by atoms with E-state index in [0.717, 1.165) is 0 Å². The molecule has 9 heteroatoms. The summed E-state index contributed by atoms with van der Waals surface area (Å²) >= 11 is 6.13. The predicted molar refractivity (Wildman–Crippen MR) is 123 cm³/mol. The number of hydrogen-bond donors (Lipinski definition) is 1. The predicted octanol–water partition coefficient (Wildman–Crippen LogP) is 6.56. The van der Waals surface area contributed by atoms with E-state index in [1.807, 2.05) is 12.1 Å². The number of furan rings is 1. The number of nitrogens with one attached hydrogen (secondary N) is 1. The lowest BCUT2D eigenvalue weighted by atomic mass is 10.1. The molecule has 166 valence electrons. The number of nitrogens with zero attached hydrogens (tertiary/aromatic N) is 1. The van der Waals surface area contributed by atoms with Gasteiger partial charge in [0.1, 0.15) is 11.5 Å². The third-order valence-corrected chi connectivity index (χ3v) is 4.98. The lowest BCUT2D eigenvalue weighted by Gasteiger charge is -2.10. The van der Waals surface area contributed by atoms with E-state index in [0.29, 0.717) is 34.3 Å². The van der Waals surface area contributed by atoms with Gasteiger partial charge in [0.05, 0.1) is 17.1 Å². The Morgan fingerprint density at radius 1 is 1.00 bits per heavy atom. The highest BCUT2D eigenvalue weighted by atomic mass is 35.5. The second-order valence-electron chi connectivity index (χ2n) is 6.82. The van der Waals surface area contributed by atoms with Gasteiger partial charge in [-0.3, -0.25) is 14.9 Å². The van der Waals surface area contributed by atoms with Crippen LogP contribution in [0.2, 0.25) is 5.02 Å². The van der Waals surface area contributed by atoms with E-state index in [1.165, 1.54) is 24.3 Å². The summed E-state index contributed by atoms with van der Waals surface area (Å²) in [6.45, 7) is 0. The Labute approximate surface area is 193 Å². The first kappa shape index (κ1) is 21.9. The first-order valence-corrected chi connectivity index (χ1v) is 10.1. The number of carbonyl (C=O) groups is 1. The average molecular weight is 465 g/mol. The Balaban J connectivity index is 1.44. The molecule has 3 aromatic carbocycles. The molecule has 0 atom stereocenters. The largest absolute Gasteiger partial charge is 0.493 e. The van der Waals surface area contributed by atoms with Crippen molar-refractivity contribution in [3.05, 3.63) is 99.8 Å². The molecule has 33 heavy (non-hydrogen) atoms. The van der Waals surface area contributed by atoms with E-state index >= 15 is 0 Å². The highest BCUT2D eigenvalue weighted by molar-refractivity contribution is 6.33. The van der Waals surface area contributed by atoms with Gasteiger partial charge in [0.25, 0.3) is 11.6 Å². The first-order valence-electron chi connectivity index (χ1n) is 9.71. The van der Waals surface area contributed by atoms with Crippen LogP contribution in [-0.2, 0) is 0 Å². The molecule has 0 unspecified atom stereocenters. The van der Waals surface area contributed by atoms with Crippen LogP contribution < -0.4 is 14.8 Å². The third-order valence-electron chi connectivity index (χ3n) is 4.67. The molecule has 0 bridgehead atoms. The van der Waals surface area contributed by atoms with Gasteiger partial charge in [0.2, 0.25) is 0 Å². The number of rotatable bonds is 7. The fourth-order valence-corrected chi connectivity index (χ4v) is 3.32. The molecule has 0 aliphatic carbocycles. The monoisotopic (exact) mass is 464 g/mol. The van der Waals surface area contributed by atoms with Gasteiger partial charge >= 0.3 is 0 Å². The van der Waals surface area contributed by atoms with Crippen LogP contribution in [0.3, 0.4) is 0 Å². The van der Waals surface area contributed by atoms with Crippen molar-refractivity contribution >= 4 is 28.9 Å². The molecular weight excluding hydrogens is 448 g/mol. The summed E-state index contributed by atoms with van der Waals surface area (Å²) in [5.41, 5.74) is 0.851. The fraction of sp³-hybridized carbons (Fsp3) is 0.0417. The van der Waals surface area contributed by atoms with Gasteiger partial charge in [0, 0.05) is 23.4 Å². The Kier molecular flexibility index (Phi) is 6.28. The minimum absolute atomic E-state index is 0.0637. The number of methoxy groups -OCH3 is 1. The van der Waals surface area contributed by atoms with Crippen LogP contribution in [0, 0.1) is 10.1 Å².